The molecule has 2 aromatic carbocycles. The third-order valence-electron chi connectivity index (χ3n) is 5.76. The number of rotatable bonds is 12. The van der Waals surface area contributed by atoms with Crippen molar-refractivity contribution in [2.45, 2.75) is 46.8 Å². The van der Waals surface area contributed by atoms with Crippen molar-refractivity contribution in [3.8, 4) is 11.5 Å². The van der Waals surface area contributed by atoms with E-state index in [0.717, 1.165) is 42.2 Å². The van der Waals surface area contributed by atoms with E-state index in [1.54, 1.807) is 7.11 Å². The number of carbonyl (C=O) groups excluding carboxylic acids is 2. The molecule has 9 heteroatoms. The van der Waals surface area contributed by atoms with Gasteiger partial charge in [-0.05, 0) is 62.8 Å². The molecular weight excluding hydrogens is 476 g/mol. The summed E-state index contributed by atoms with van der Waals surface area (Å²) in [5.41, 5.74) is 3.35. The fraction of sp³-hybridized carbons (Fsp3) is 0.444. The third kappa shape index (κ3) is 7.73. The van der Waals surface area contributed by atoms with Gasteiger partial charge in [-0.2, -0.15) is 5.10 Å². The molecule has 0 fully saturated rings. The van der Waals surface area contributed by atoms with Gasteiger partial charge >= 0.3 is 5.24 Å². The normalized spacial score (nSPS) is 13.7. The average molecular weight is 513 g/mol. The second kappa shape index (κ2) is 13.3. The lowest BCUT2D eigenvalue weighted by Gasteiger charge is -2.24. The first-order valence-corrected chi connectivity index (χ1v) is 13.3. The molecule has 0 saturated carbocycles. The predicted octanol–water partition coefficient (Wildman–Crippen LogP) is 5.23. The highest BCUT2D eigenvalue weighted by atomic mass is 32.2. The number of hydrazone groups is 1. The molecule has 3 rings (SSSR count). The molecule has 2 aromatic rings. The SMILES string of the molecule is CCN(CC)CCC(=O)Nc1ccc(CN2N=C(c3ccc(OC)c(OC(C)C)c3)CSC2=O)cc1. The molecular formula is C27H36N4O4S. The number of benzene rings is 2. The number of nitrogens with zero attached hydrogens (tertiary/aromatic N) is 3. The first kappa shape index (κ1) is 27.5. The number of carbonyl (C=O) groups is 2. The summed E-state index contributed by atoms with van der Waals surface area (Å²) in [6.45, 7) is 11.1. The van der Waals surface area contributed by atoms with E-state index in [-0.39, 0.29) is 17.3 Å². The van der Waals surface area contributed by atoms with Crippen LogP contribution in [0.4, 0.5) is 10.5 Å². The van der Waals surface area contributed by atoms with Crippen molar-refractivity contribution in [2.75, 3.05) is 37.8 Å². The van der Waals surface area contributed by atoms with E-state index in [1.165, 1.54) is 16.8 Å². The Morgan fingerprint density at radius 1 is 1.14 bits per heavy atom. The van der Waals surface area contributed by atoms with Crippen LogP contribution < -0.4 is 14.8 Å². The van der Waals surface area contributed by atoms with E-state index in [9.17, 15) is 9.59 Å². The molecule has 0 aromatic heterocycles. The van der Waals surface area contributed by atoms with Gasteiger partial charge in [0.2, 0.25) is 5.91 Å². The van der Waals surface area contributed by atoms with Crippen LogP contribution in [0.15, 0.2) is 47.6 Å². The Morgan fingerprint density at radius 2 is 1.86 bits per heavy atom. The largest absolute Gasteiger partial charge is 0.493 e. The number of nitrogens with one attached hydrogen (secondary N) is 1. The number of anilines is 1. The highest BCUT2D eigenvalue weighted by Gasteiger charge is 2.23. The molecule has 8 nitrogen and oxygen atoms in total. The Balaban J connectivity index is 1.66. The van der Waals surface area contributed by atoms with Gasteiger partial charge in [-0.3, -0.25) is 9.59 Å². The lowest BCUT2D eigenvalue weighted by Crippen LogP contribution is -2.29. The van der Waals surface area contributed by atoms with Crippen LogP contribution in [0.25, 0.3) is 0 Å². The Morgan fingerprint density at radius 3 is 2.50 bits per heavy atom. The summed E-state index contributed by atoms with van der Waals surface area (Å²) in [4.78, 5) is 27.0. The number of methoxy groups -OCH3 is 1. The summed E-state index contributed by atoms with van der Waals surface area (Å²) < 4.78 is 11.3. The van der Waals surface area contributed by atoms with Crippen molar-refractivity contribution in [1.29, 1.82) is 0 Å². The molecule has 1 N–H and O–H groups in total. The quantitative estimate of drug-likeness (QED) is 0.420. The van der Waals surface area contributed by atoms with E-state index in [4.69, 9.17) is 9.47 Å². The van der Waals surface area contributed by atoms with Crippen LogP contribution in [0.1, 0.15) is 45.2 Å². The molecule has 0 unspecified atom stereocenters. The Kier molecular flexibility index (Phi) is 10.2. The van der Waals surface area contributed by atoms with Gasteiger partial charge in [0.15, 0.2) is 11.5 Å². The van der Waals surface area contributed by atoms with Crippen molar-refractivity contribution < 1.29 is 19.1 Å². The summed E-state index contributed by atoms with van der Waals surface area (Å²) in [5, 5.41) is 8.97. The highest BCUT2D eigenvalue weighted by molar-refractivity contribution is 8.14. The lowest BCUT2D eigenvalue weighted by molar-refractivity contribution is -0.116. The van der Waals surface area contributed by atoms with Crippen LogP contribution in [0, 0.1) is 0 Å². The highest BCUT2D eigenvalue weighted by Crippen LogP contribution is 2.31. The lowest BCUT2D eigenvalue weighted by atomic mass is 10.1. The van der Waals surface area contributed by atoms with Gasteiger partial charge in [-0.15, -0.1) is 0 Å². The van der Waals surface area contributed by atoms with E-state index in [2.05, 4.69) is 29.2 Å². The fourth-order valence-electron chi connectivity index (χ4n) is 3.75. The van der Waals surface area contributed by atoms with E-state index >= 15 is 0 Å². The van der Waals surface area contributed by atoms with Gasteiger partial charge in [0.1, 0.15) is 0 Å². The molecule has 1 aliphatic rings. The number of hydrogen-bond donors (Lipinski definition) is 1. The molecule has 0 bridgehead atoms. The standard InChI is InChI=1S/C27H36N4O4S/c1-6-30(7-2)15-14-26(32)28-22-11-8-20(9-12-22)17-31-27(33)36-18-23(29-31)21-10-13-24(34-5)25(16-21)35-19(3)4/h8-13,16,19H,6-7,14-15,17-18H2,1-5H3,(H,28,32). The topological polar surface area (TPSA) is 83.5 Å². The Labute approximate surface area is 218 Å². The van der Waals surface area contributed by atoms with E-state index < -0.39 is 0 Å². The van der Waals surface area contributed by atoms with Gasteiger partial charge in [0.05, 0.1) is 25.5 Å². The summed E-state index contributed by atoms with van der Waals surface area (Å²) in [6.07, 6.45) is 0.459. The number of hydrogen-bond acceptors (Lipinski definition) is 7. The van der Waals surface area contributed by atoms with Crippen LogP contribution >= 0.6 is 11.8 Å². The summed E-state index contributed by atoms with van der Waals surface area (Å²) >= 11 is 1.22. The summed E-state index contributed by atoms with van der Waals surface area (Å²) in [7, 11) is 1.61. The maximum Gasteiger partial charge on any atom is 0.302 e. The molecule has 194 valence electrons. The Hall–Kier alpha value is -3.04. The van der Waals surface area contributed by atoms with Crippen LogP contribution in [0.5, 0.6) is 11.5 Å². The predicted molar refractivity (Wildman–Crippen MR) is 146 cm³/mol. The van der Waals surface area contributed by atoms with Crippen molar-refractivity contribution >= 4 is 34.3 Å². The van der Waals surface area contributed by atoms with Gasteiger partial charge < -0.3 is 19.7 Å². The smallest absolute Gasteiger partial charge is 0.302 e. The van der Waals surface area contributed by atoms with Gasteiger partial charge in [0, 0.05) is 30.0 Å². The minimum Gasteiger partial charge on any atom is -0.493 e. The molecule has 0 aliphatic carbocycles. The first-order valence-electron chi connectivity index (χ1n) is 12.3. The second-order valence-corrected chi connectivity index (χ2v) is 9.64. The molecule has 0 radical (unpaired) electrons. The molecule has 36 heavy (non-hydrogen) atoms. The molecule has 0 spiro atoms. The zero-order valence-electron chi connectivity index (χ0n) is 21.7. The Bertz CT molecular complexity index is 1070. The van der Waals surface area contributed by atoms with Gasteiger partial charge in [0.25, 0.3) is 0 Å². The second-order valence-electron chi connectivity index (χ2n) is 8.71. The zero-order chi connectivity index (χ0) is 26.1. The summed E-state index contributed by atoms with van der Waals surface area (Å²) in [6, 6.07) is 13.2. The molecule has 1 heterocycles. The van der Waals surface area contributed by atoms with Gasteiger partial charge in [-0.1, -0.05) is 37.7 Å². The molecule has 2 amide bonds. The molecule has 1 aliphatic heterocycles. The van der Waals surface area contributed by atoms with E-state index in [0.29, 0.717) is 30.2 Å². The van der Waals surface area contributed by atoms with Crippen LogP contribution in [-0.2, 0) is 11.3 Å². The maximum absolute atomic E-state index is 12.6. The zero-order valence-corrected chi connectivity index (χ0v) is 22.6. The van der Waals surface area contributed by atoms with E-state index in [1.807, 2.05) is 56.3 Å². The minimum absolute atomic E-state index is 0.00465. The number of amides is 2. The number of thioether (sulfide) groups is 1. The molecule has 0 atom stereocenters. The van der Waals surface area contributed by atoms with Crippen molar-refractivity contribution in [3.63, 3.8) is 0 Å². The minimum atomic E-state index is -0.0975. The third-order valence-corrected chi connectivity index (χ3v) is 6.64. The monoisotopic (exact) mass is 512 g/mol. The molecule has 0 saturated heterocycles. The average Bonchev–Trinajstić information content (AvgIpc) is 2.86. The van der Waals surface area contributed by atoms with Crippen LogP contribution in [-0.4, -0.2) is 65.4 Å². The first-order chi connectivity index (χ1) is 17.3. The number of ether oxygens (including phenoxy) is 2. The van der Waals surface area contributed by atoms with Crippen molar-refractivity contribution in [3.05, 3.63) is 53.6 Å². The van der Waals surface area contributed by atoms with Crippen LogP contribution in [0.2, 0.25) is 0 Å². The summed E-state index contributed by atoms with van der Waals surface area (Å²) in [5.74, 6) is 1.79. The van der Waals surface area contributed by atoms with Crippen molar-refractivity contribution in [2.24, 2.45) is 5.10 Å². The maximum atomic E-state index is 12.6. The van der Waals surface area contributed by atoms with Crippen LogP contribution in [0.3, 0.4) is 0 Å². The van der Waals surface area contributed by atoms with Crippen molar-refractivity contribution in [1.82, 2.24) is 9.91 Å². The van der Waals surface area contributed by atoms with Gasteiger partial charge in [-0.25, -0.2) is 5.01 Å². The fourth-order valence-corrected chi connectivity index (χ4v) is 4.49.